The van der Waals surface area contributed by atoms with Crippen molar-refractivity contribution >= 4 is 5.78 Å². The van der Waals surface area contributed by atoms with Crippen LogP contribution in [-0.2, 0) is 33.2 Å². The molecule has 2 fully saturated rings. The van der Waals surface area contributed by atoms with E-state index < -0.39 is 48.1 Å². The van der Waals surface area contributed by atoms with Crippen LogP contribution in [0.5, 0.6) is 0 Å². The first-order valence-corrected chi connectivity index (χ1v) is 12.6. The van der Waals surface area contributed by atoms with E-state index in [0.29, 0.717) is 43.6 Å². The summed E-state index contributed by atoms with van der Waals surface area (Å²) in [6.45, 7) is 2.65. The summed E-state index contributed by atoms with van der Waals surface area (Å²) in [4.78, 5) is 13.9. The van der Waals surface area contributed by atoms with Gasteiger partial charge in [0.25, 0.3) is 0 Å². The molecule has 2 aromatic carbocycles. The standard InChI is InChI=1S/C28H26F7NO3/c1-15-6-20(29)2-5-23(15)25-24-12-36(21-3-4-22(37)10-21)11-17(24)14-39-26(25)38-13-16-7-18(27(30,31)32)9-19(8-16)28(33,34)35/h2,5-10,17,24-26H,3-4,11-14H2,1H3/t17-,24+,25-,26-/m0/s1. The number of likely N-dealkylation sites (tertiary alicyclic amines) is 1. The van der Waals surface area contributed by atoms with Gasteiger partial charge in [0.15, 0.2) is 12.1 Å². The van der Waals surface area contributed by atoms with Crippen molar-refractivity contribution in [1.82, 2.24) is 4.90 Å². The second-order valence-corrected chi connectivity index (χ2v) is 10.4. The minimum absolute atomic E-state index is 0.0429. The minimum atomic E-state index is -4.97. The molecule has 0 unspecified atom stereocenters. The summed E-state index contributed by atoms with van der Waals surface area (Å²) in [5, 5.41) is 0. The second-order valence-electron chi connectivity index (χ2n) is 10.4. The van der Waals surface area contributed by atoms with Gasteiger partial charge in [-0.15, -0.1) is 0 Å². The van der Waals surface area contributed by atoms with E-state index in [0.717, 1.165) is 11.3 Å². The number of alkyl halides is 6. The third kappa shape index (κ3) is 5.84. The number of hydrogen-bond donors (Lipinski definition) is 0. The van der Waals surface area contributed by atoms with Crippen molar-refractivity contribution in [3.05, 3.63) is 81.8 Å². The smallest absolute Gasteiger partial charge is 0.374 e. The Hall–Kier alpha value is -2.92. The van der Waals surface area contributed by atoms with Gasteiger partial charge in [0.2, 0.25) is 0 Å². The quantitative estimate of drug-likeness (QED) is 0.388. The molecule has 2 aliphatic heterocycles. The number of benzene rings is 2. The maximum atomic E-state index is 13.9. The first kappa shape index (κ1) is 27.6. The van der Waals surface area contributed by atoms with Crippen LogP contribution in [0.1, 0.15) is 46.6 Å². The number of rotatable bonds is 5. The summed E-state index contributed by atoms with van der Waals surface area (Å²) < 4.78 is 106. The summed E-state index contributed by atoms with van der Waals surface area (Å²) in [5.41, 5.74) is -0.834. The van der Waals surface area contributed by atoms with E-state index in [1.807, 2.05) is 0 Å². The van der Waals surface area contributed by atoms with Gasteiger partial charge in [0.05, 0.1) is 24.3 Å². The summed E-state index contributed by atoms with van der Waals surface area (Å²) >= 11 is 0. The summed E-state index contributed by atoms with van der Waals surface area (Å²) in [5.74, 6) is -0.853. The number of nitrogens with zero attached hydrogens (tertiary/aromatic N) is 1. The monoisotopic (exact) mass is 557 g/mol. The number of carbonyl (C=O) groups excluding carboxylic acids is 1. The Kier molecular flexibility index (Phi) is 7.26. The summed E-state index contributed by atoms with van der Waals surface area (Å²) in [6, 6.07) is 5.63. The highest BCUT2D eigenvalue weighted by Gasteiger charge is 2.48. The van der Waals surface area contributed by atoms with Crippen LogP contribution in [0.4, 0.5) is 30.7 Å². The number of carbonyl (C=O) groups is 1. The number of allylic oxidation sites excluding steroid dienone is 2. The van der Waals surface area contributed by atoms with E-state index >= 15 is 0 Å². The molecule has 39 heavy (non-hydrogen) atoms. The van der Waals surface area contributed by atoms with E-state index in [1.54, 1.807) is 19.1 Å². The predicted octanol–water partition coefficient (Wildman–Crippen LogP) is 6.62. The van der Waals surface area contributed by atoms with Gasteiger partial charge in [0.1, 0.15) is 5.82 Å². The van der Waals surface area contributed by atoms with Crippen LogP contribution in [0.3, 0.4) is 0 Å². The second kappa shape index (κ2) is 10.2. The van der Waals surface area contributed by atoms with Crippen molar-refractivity contribution < 1.29 is 45.0 Å². The summed E-state index contributed by atoms with van der Waals surface area (Å²) in [6.07, 6.45) is -8.21. The lowest BCUT2D eigenvalue weighted by molar-refractivity contribution is -0.203. The first-order valence-electron chi connectivity index (χ1n) is 12.6. The zero-order chi connectivity index (χ0) is 28.1. The van der Waals surface area contributed by atoms with Gasteiger partial charge in [-0.3, -0.25) is 4.79 Å². The zero-order valence-electron chi connectivity index (χ0n) is 20.9. The molecule has 2 saturated heterocycles. The number of hydrogen-bond acceptors (Lipinski definition) is 4. The van der Waals surface area contributed by atoms with E-state index in [4.69, 9.17) is 9.47 Å². The highest BCUT2D eigenvalue weighted by molar-refractivity contribution is 5.92. The molecule has 0 saturated carbocycles. The molecular formula is C28H26F7NO3. The Balaban J connectivity index is 1.44. The lowest BCUT2D eigenvalue weighted by atomic mass is 9.76. The Morgan fingerprint density at radius 2 is 1.67 bits per heavy atom. The maximum Gasteiger partial charge on any atom is 0.416 e. The molecule has 4 atom stereocenters. The van der Waals surface area contributed by atoms with E-state index in [9.17, 15) is 35.5 Å². The van der Waals surface area contributed by atoms with Crippen molar-refractivity contribution in [2.24, 2.45) is 11.8 Å². The topological polar surface area (TPSA) is 38.8 Å². The SMILES string of the molecule is Cc1cc(F)ccc1[C@@H]1[C@@H](OCc2cc(C(F)(F)F)cc(C(F)(F)F)c2)OC[C@@H]2CN(C3=CC(=O)CC3)C[C@H]21. The molecular weight excluding hydrogens is 531 g/mol. The van der Waals surface area contributed by atoms with Crippen molar-refractivity contribution in [3.8, 4) is 0 Å². The average Bonchev–Trinajstić information content (AvgIpc) is 3.48. The molecule has 2 heterocycles. The molecule has 0 N–H and O–H groups in total. The number of ketones is 1. The highest BCUT2D eigenvalue weighted by atomic mass is 19.4. The van der Waals surface area contributed by atoms with Gasteiger partial charge < -0.3 is 14.4 Å². The predicted molar refractivity (Wildman–Crippen MR) is 126 cm³/mol. The van der Waals surface area contributed by atoms with Gasteiger partial charge in [-0.2, -0.15) is 26.3 Å². The molecule has 2 aromatic rings. The number of ether oxygens (including phenoxy) is 2. The van der Waals surface area contributed by atoms with Crippen molar-refractivity contribution in [2.75, 3.05) is 19.7 Å². The number of halogens is 7. The Morgan fingerprint density at radius 3 is 2.26 bits per heavy atom. The molecule has 1 aliphatic carbocycles. The van der Waals surface area contributed by atoms with E-state index in [2.05, 4.69) is 4.90 Å². The van der Waals surface area contributed by atoms with Gasteiger partial charge in [-0.1, -0.05) is 6.07 Å². The van der Waals surface area contributed by atoms with Crippen LogP contribution in [0.2, 0.25) is 0 Å². The fraction of sp³-hybridized carbons (Fsp3) is 0.464. The van der Waals surface area contributed by atoms with Crippen LogP contribution in [0, 0.1) is 24.6 Å². The molecule has 3 aliphatic rings. The first-order chi connectivity index (χ1) is 18.3. The molecule has 0 amide bonds. The number of fused-ring (bicyclic) bond motifs is 1. The van der Waals surface area contributed by atoms with Gasteiger partial charge in [-0.25, -0.2) is 4.39 Å². The van der Waals surface area contributed by atoms with Crippen molar-refractivity contribution in [2.45, 2.75) is 50.9 Å². The van der Waals surface area contributed by atoms with E-state index in [-0.39, 0.29) is 35.9 Å². The molecule has 210 valence electrons. The summed E-state index contributed by atoms with van der Waals surface area (Å²) in [7, 11) is 0. The lowest BCUT2D eigenvalue weighted by Gasteiger charge is -2.40. The Labute approximate surface area is 220 Å². The Bertz CT molecular complexity index is 1250. The third-order valence-electron chi connectivity index (χ3n) is 7.73. The molecule has 5 rings (SSSR count). The number of aryl methyl sites for hydroxylation is 1. The molecule has 0 aromatic heterocycles. The molecule has 4 nitrogen and oxygen atoms in total. The van der Waals surface area contributed by atoms with Crippen LogP contribution in [0.15, 0.2) is 48.2 Å². The van der Waals surface area contributed by atoms with Crippen molar-refractivity contribution in [1.29, 1.82) is 0 Å². The fourth-order valence-corrected chi connectivity index (χ4v) is 5.89. The van der Waals surface area contributed by atoms with Gasteiger partial charge in [-0.05, 0) is 66.3 Å². The lowest BCUT2D eigenvalue weighted by Crippen LogP contribution is -2.42. The van der Waals surface area contributed by atoms with E-state index in [1.165, 1.54) is 12.1 Å². The average molecular weight is 558 g/mol. The largest absolute Gasteiger partial charge is 0.416 e. The Morgan fingerprint density at radius 1 is 0.974 bits per heavy atom. The van der Waals surface area contributed by atoms with Crippen LogP contribution >= 0.6 is 0 Å². The molecule has 0 bridgehead atoms. The normalized spacial score (nSPS) is 25.7. The van der Waals surface area contributed by atoms with Crippen LogP contribution < -0.4 is 0 Å². The molecule has 0 spiro atoms. The minimum Gasteiger partial charge on any atom is -0.374 e. The third-order valence-corrected chi connectivity index (χ3v) is 7.73. The maximum absolute atomic E-state index is 13.9. The fourth-order valence-electron chi connectivity index (χ4n) is 5.89. The highest BCUT2D eigenvalue weighted by Crippen LogP contribution is 2.46. The molecule has 11 heteroatoms. The zero-order valence-corrected chi connectivity index (χ0v) is 20.9. The van der Waals surface area contributed by atoms with Gasteiger partial charge >= 0.3 is 12.4 Å². The van der Waals surface area contributed by atoms with Crippen LogP contribution in [-0.4, -0.2) is 36.7 Å². The van der Waals surface area contributed by atoms with Crippen molar-refractivity contribution in [3.63, 3.8) is 0 Å². The molecule has 0 radical (unpaired) electrons. The van der Waals surface area contributed by atoms with Gasteiger partial charge in [0, 0.05) is 43.1 Å². The van der Waals surface area contributed by atoms with Crippen LogP contribution in [0.25, 0.3) is 0 Å².